The lowest BCUT2D eigenvalue weighted by Crippen LogP contribution is -2.59. The minimum atomic E-state index is -0.605. The van der Waals surface area contributed by atoms with Gasteiger partial charge in [0.15, 0.2) is 0 Å². The summed E-state index contributed by atoms with van der Waals surface area (Å²) in [6.07, 6.45) is 0.553. The molecule has 31 heavy (non-hydrogen) atoms. The van der Waals surface area contributed by atoms with Crippen molar-refractivity contribution in [3.63, 3.8) is 0 Å². The van der Waals surface area contributed by atoms with Gasteiger partial charge in [-0.3, -0.25) is 14.4 Å². The molecule has 8 nitrogen and oxygen atoms in total. The minimum absolute atomic E-state index is 0.0428. The second-order valence-corrected chi connectivity index (χ2v) is 8.08. The standard InChI is InChI=1S/C22H25FN4O4/c1-14-18(15(2)31-24-14)11-20(28)25-7-6-19-22(30)26(13-21(29)27(19)9-8-25)12-16-4-3-5-17(23)10-16/h3-5,10,19H,6-9,11-13H2,1-2H3. The highest BCUT2D eigenvalue weighted by Gasteiger charge is 2.41. The smallest absolute Gasteiger partial charge is 0.246 e. The average molecular weight is 428 g/mol. The van der Waals surface area contributed by atoms with Crippen molar-refractivity contribution in [2.75, 3.05) is 26.2 Å². The molecule has 1 aromatic carbocycles. The Kier molecular flexibility index (Phi) is 5.75. The summed E-state index contributed by atoms with van der Waals surface area (Å²) in [7, 11) is 0. The van der Waals surface area contributed by atoms with Gasteiger partial charge in [0, 0.05) is 31.7 Å². The Labute approximate surface area is 179 Å². The second kappa shape index (κ2) is 8.49. The van der Waals surface area contributed by atoms with Gasteiger partial charge in [0.1, 0.15) is 24.2 Å². The van der Waals surface area contributed by atoms with Crippen LogP contribution in [0.4, 0.5) is 4.39 Å². The summed E-state index contributed by atoms with van der Waals surface area (Å²) in [5.41, 5.74) is 2.11. The first kappa shape index (κ1) is 21.0. The third-order valence-electron chi connectivity index (χ3n) is 6.03. The number of halogens is 1. The molecule has 3 amide bonds. The van der Waals surface area contributed by atoms with Crippen molar-refractivity contribution in [1.29, 1.82) is 0 Å². The van der Waals surface area contributed by atoms with E-state index in [1.165, 1.54) is 17.0 Å². The van der Waals surface area contributed by atoms with Crippen molar-refractivity contribution in [2.24, 2.45) is 0 Å². The first-order valence-corrected chi connectivity index (χ1v) is 10.4. The van der Waals surface area contributed by atoms with E-state index in [4.69, 9.17) is 4.52 Å². The number of piperazine rings is 1. The fraction of sp³-hybridized carbons (Fsp3) is 0.455. The van der Waals surface area contributed by atoms with Crippen LogP contribution in [0, 0.1) is 19.7 Å². The number of carbonyl (C=O) groups excluding carboxylic acids is 3. The van der Waals surface area contributed by atoms with E-state index >= 15 is 0 Å². The van der Waals surface area contributed by atoms with E-state index in [0.29, 0.717) is 43.1 Å². The topological polar surface area (TPSA) is 87.0 Å². The van der Waals surface area contributed by atoms with Crippen LogP contribution in [0.2, 0.25) is 0 Å². The number of benzene rings is 1. The Morgan fingerprint density at radius 1 is 1.23 bits per heavy atom. The highest BCUT2D eigenvalue weighted by atomic mass is 19.1. The van der Waals surface area contributed by atoms with Gasteiger partial charge in [-0.25, -0.2) is 4.39 Å². The number of fused-ring (bicyclic) bond motifs is 1. The van der Waals surface area contributed by atoms with Crippen LogP contribution in [-0.2, 0) is 27.3 Å². The van der Waals surface area contributed by atoms with Gasteiger partial charge in [-0.2, -0.15) is 0 Å². The Bertz CT molecular complexity index is 1000. The molecule has 0 aliphatic carbocycles. The van der Waals surface area contributed by atoms with Gasteiger partial charge in [0.2, 0.25) is 17.7 Å². The number of hydrogen-bond acceptors (Lipinski definition) is 5. The zero-order valence-corrected chi connectivity index (χ0v) is 17.6. The maximum atomic E-state index is 13.5. The number of aryl methyl sites for hydroxylation is 2. The van der Waals surface area contributed by atoms with E-state index in [1.54, 1.807) is 35.8 Å². The number of aromatic nitrogens is 1. The number of nitrogens with zero attached hydrogens (tertiary/aromatic N) is 4. The third kappa shape index (κ3) is 4.30. The number of carbonyl (C=O) groups is 3. The van der Waals surface area contributed by atoms with Gasteiger partial charge in [0.05, 0.1) is 12.1 Å². The fourth-order valence-corrected chi connectivity index (χ4v) is 4.28. The lowest BCUT2D eigenvalue weighted by molar-refractivity contribution is -0.156. The van der Waals surface area contributed by atoms with Crippen LogP contribution in [-0.4, -0.2) is 69.8 Å². The maximum absolute atomic E-state index is 13.5. The highest BCUT2D eigenvalue weighted by Crippen LogP contribution is 2.22. The van der Waals surface area contributed by atoms with E-state index in [1.807, 2.05) is 0 Å². The van der Waals surface area contributed by atoms with Crippen molar-refractivity contribution in [3.05, 3.63) is 52.7 Å². The molecule has 1 atom stereocenters. The summed E-state index contributed by atoms with van der Waals surface area (Å²) in [6, 6.07) is 5.42. The molecule has 0 N–H and O–H groups in total. The van der Waals surface area contributed by atoms with Gasteiger partial charge < -0.3 is 19.2 Å². The van der Waals surface area contributed by atoms with E-state index in [0.717, 1.165) is 5.56 Å². The SMILES string of the molecule is Cc1noc(C)c1CC(=O)N1CCC2C(=O)N(Cc3cccc(F)c3)CC(=O)N2CC1. The van der Waals surface area contributed by atoms with Gasteiger partial charge in [0.25, 0.3) is 0 Å². The first-order valence-electron chi connectivity index (χ1n) is 10.4. The summed E-state index contributed by atoms with van der Waals surface area (Å²) in [5.74, 6) is -0.149. The van der Waals surface area contributed by atoms with Crippen molar-refractivity contribution in [2.45, 2.75) is 39.3 Å². The molecular weight excluding hydrogens is 403 g/mol. The van der Waals surface area contributed by atoms with Crippen molar-refractivity contribution in [1.82, 2.24) is 19.9 Å². The van der Waals surface area contributed by atoms with Crippen LogP contribution in [0.15, 0.2) is 28.8 Å². The van der Waals surface area contributed by atoms with Crippen LogP contribution < -0.4 is 0 Å². The van der Waals surface area contributed by atoms with Crippen LogP contribution >= 0.6 is 0 Å². The summed E-state index contributed by atoms with van der Waals surface area (Å²) in [5, 5.41) is 3.89. The summed E-state index contributed by atoms with van der Waals surface area (Å²) in [4.78, 5) is 43.4. The Morgan fingerprint density at radius 2 is 2.03 bits per heavy atom. The molecule has 0 spiro atoms. The second-order valence-electron chi connectivity index (χ2n) is 8.08. The van der Waals surface area contributed by atoms with Gasteiger partial charge in [-0.15, -0.1) is 0 Å². The Balaban J connectivity index is 1.44. The normalized spacial score (nSPS) is 19.5. The molecule has 2 aliphatic heterocycles. The maximum Gasteiger partial charge on any atom is 0.246 e. The van der Waals surface area contributed by atoms with Crippen molar-refractivity contribution >= 4 is 17.7 Å². The van der Waals surface area contributed by atoms with E-state index < -0.39 is 6.04 Å². The highest BCUT2D eigenvalue weighted by molar-refractivity contribution is 5.95. The van der Waals surface area contributed by atoms with Gasteiger partial charge >= 0.3 is 0 Å². The summed E-state index contributed by atoms with van der Waals surface area (Å²) in [6.45, 7) is 4.79. The van der Waals surface area contributed by atoms with Crippen LogP contribution in [0.1, 0.15) is 29.0 Å². The average Bonchev–Trinajstić information content (AvgIpc) is 2.93. The Hall–Kier alpha value is -3.23. The van der Waals surface area contributed by atoms with Gasteiger partial charge in [-0.1, -0.05) is 17.3 Å². The third-order valence-corrected chi connectivity index (χ3v) is 6.03. The van der Waals surface area contributed by atoms with Gasteiger partial charge in [-0.05, 0) is 38.0 Å². The lowest BCUT2D eigenvalue weighted by Gasteiger charge is -2.39. The molecule has 0 saturated carbocycles. The van der Waals surface area contributed by atoms with Crippen molar-refractivity contribution < 1.29 is 23.3 Å². The molecule has 2 saturated heterocycles. The quantitative estimate of drug-likeness (QED) is 0.736. The molecule has 1 aromatic heterocycles. The van der Waals surface area contributed by atoms with E-state index in [9.17, 15) is 18.8 Å². The molecule has 2 fully saturated rings. The number of amides is 3. The molecule has 3 heterocycles. The fourth-order valence-electron chi connectivity index (χ4n) is 4.28. The summed E-state index contributed by atoms with van der Waals surface area (Å²) >= 11 is 0. The molecule has 4 rings (SSSR count). The molecular formula is C22H25FN4O4. The van der Waals surface area contributed by atoms with Crippen LogP contribution in [0.3, 0.4) is 0 Å². The summed E-state index contributed by atoms with van der Waals surface area (Å²) < 4.78 is 18.6. The molecule has 164 valence electrons. The predicted molar refractivity (Wildman–Crippen MR) is 108 cm³/mol. The number of rotatable bonds is 4. The predicted octanol–water partition coefficient (Wildman–Crippen LogP) is 1.44. The first-order chi connectivity index (χ1) is 14.8. The van der Waals surface area contributed by atoms with E-state index in [-0.39, 0.29) is 43.0 Å². The molecule has 0 bridgehead atoms. The molecule has 1 unspecified atom stereocenters. The zero-order valence-electron chi connectivity index (χ0n) is 17.6. The largest absolute Gasteiger partial charge is 0.361 e. The lowest BCUT2D eigenvalue weighted by atomic mass is 10.1. The zero-order chi connectivity index (χ0) is 22.1. The molecule has 2 aromatic rings. The van der Waals surface area contributed by atoms with Crippen molar-refractivity contribution in [3.8, 4) is 0 Å². The molecule has 0 radical (unpaired) electrons. The molecule has 2 aliphatic rings. The Morgan fingerprint density at radius 3 is 2.74 bits per heavy atom. The monoisotopic (exact) mass is 428 g/mol. The molecule has 9 heteroatoms. The van der Waals surface area contributed by atoms with E-state index in [2.05, 4.69) is 5.16 Å². The number of hydrogen-bond donors (Lipinski definition) is 0. The van der Waals surface area contributed by atoms with Crippen LogP contribution in [0.5, 0.6) is 0 Å². The van der Waals surface area contributed by atoms with Crippen LogP contribution in [0.25, 0.3) is 0 Å². The minimum Gasteiger partial charge on any atom is -0.361 e.